The van der Waals surface area contributed by atoms with Crippen LogP contribution in [0.25, 0.3) is 0 Å². The fourth-order valence-corrected chi connectivity index (χ4v) is 4.02. The highest BCUT2D eigenvalue weighted by atomic mass is 32.2. The van der Waals surface area contributed by atoms with Gasteiger partial charge in [-0.3, -0.25) is 13.9 Å². The largest absolute Gasteiger partial charge is 0.444 e. The molecule has 142 valence electrons. The van der Waals surface area contributed by atoms with Gasteiger partial charge in [0, 0.05) is 10.6 Å². The molecular weight excluding hydrogens is 380 g/mol. The highest BCUT2D eigenvalue weighted by Crippen LogP contribution is 2.35. The van der Waals surface area contributed by atoms with Crippen molar-refractivity contribution in [3.63, 3.8) is 0 Å². The van der Waals surface area contributed by atoms with Crippen molar-refractivity contribution in [3.8, 4) is 0 Å². The molecule has 10 heteroatoms. The average molecular weight is 400 g/mol. The number of amides is 2. The van der Waals surface area contributed by atoms with E-state index in [-0.39, 0.29) is 18.6 Å². The second-order valence-electron chi connectivity index (χ2n) is 6.16. The van der Waals surface area contributed by atoms with Crippen LogP contribution in [0.1, 0.15) is 19.3 Å². The Kier molecular flexibility index (Phi) is 5.73. The number of hydrogen-bond donors (Lipinski definition) is 1. The summed E-state index contributed by atoms with van der Waals surface area (Å²) in [6, 6.07) is 5.51. The Bertz CT molecular complexity index is 811. The summed E-state index contributed by atoms with van der Waals surface area (Å²) >= 11 is 1.47. The van der Waals surface area contributed by atoms with E-state index in [1.54, 1.807) is 11.0 Å². The lowest BCUT2D eigenvalue weighted by Crippen LogP contribution is -2.25. The molecule has 0 spiro atoms. The molecule has 1 N–H and O–H groups in total. The van der Waals surface area contributed by atoms with Gasteiger partial charge in [0.05, 0.1) is 30.8 Å². The fraction of sp³-hybridized carbons (Fsp3) is 0.500. The third kappa shape index (κ3) is 4.89. The zero-order chi connectivity index (χ0) is 18.7. The lowest BCUT2D eigenvalue weighted by atomic mass is 10.1. The molecule has 2 heterocycles. The number of rotatable bonds is 7. The number of unbranched alkanes of at least 4 members (excludes halogenated alkanes) is 1. The van der Waals surface area contributed by atoms with Crippen molar-refractivity contribution in [2.75, 3.05) is 35.4 Å². The van der Waals surface area contributed by atoms with Crippen LogP contribution in [-0.4, -0.2) is 51.7 Å². The first-order valence-corrected chi connectivity index (χ1v) is 11.0. The van der Waals surface area contributed by atoms with Crippen LogP contribution >= 0.6 is 11.8 Å². The van der Waals surface area contributed by atoms with E-state index in [1.165, 1.54) is 11.8 Å². The molecule has 1 atom stereocenters. The zero-order valence-electron chi connectivity index (χ0n) is 14.3. The van der Waals surface area contributed by atoms with E-state index >= 15 is 0 Å². The van der Waals surface area contributed by atoms with Crippen LogP contribution in [0.5, 0.6) is 0 Å². The maximum absolute atomic E-state index is 12.1. The van der Waals surface area contributed by atoms with Gasteiger partial charge in [0.1, 0.15) is 6.10 Å². The fourth-order valence-electron chi connectivity index (χ4n) is 2.81. The highest BCUT2D eigenvalue weighted by molar-refractivity contribution is 8.00. The van der Waals surface area contributed by atoms with Gasteiger partial charge in [-0.2, -0.15) is 8.42 Å². The van der Waals surface area contributed by atoms with Crippen molar-refractivity contribution < 1.29 is 26.9 Å². The first kappa shape index (κ1) is 19.0. The summed E-state index contributed by atoms with van der Waals surface area (Å²) in [6.07, 6.45) is 2.25. The quantitative estimate of drug-likeness (QED) is 0.553. The van der Waals surface area contributed by atoms with E-state index in [1.807, 2.05) is 12.1 Å². The van der Waals surface area contributed by atoms with E-state index in [2.05, 4.69) is 9.50 Å². The molecule has 26 heavy (non-hydrogen) atoms. The second-order valence-corrected chi connectivity index (χ2v) is 8.82. The van der Waals surface area contributed by atoms with Crippen LogP contribution in [0.2, 0.25) is 0 Å². The highest BCUT2D eigenvalue weighted by Gasteiger charge is 2.32. The van der Waals surface area contributed by atoms with Crippen LogP contribution in [0.15, 0.2) is 23.1 Å². The summed E-state index contributed by atoms with van der Waals surface area (Å²) in [4.78, 5) is 26.2. The molecule has 0 aliphatic carbocycles. The predicted molar refractivity (Wildman–Crippen MR) is 98.1 cm³/mol. The van der Waals surface area contributed by atoms with Gasteiger partial charge in [-0.25, -0.2) is 4.79 Å². The number of hydrogen-bond acceptors (Lipinski definition) is 7. The van der Waals surface area contributed by atoms with Gasteiger partial charge in [-0.05, 0) is 37.5 Å². The van der Waals surface area contributed by atoms with Gasteiger partial charge in [0.25, 0.3) is 10.1 Å². The van der Waals surface area contributed by atoms with Gasteiger partial charge in [-0.15, -0.1) is 11.8 Å². The molecule has 1 unspecified atom stereocenters. The van der Waals surface area contributed by atoms with Crippen LogP contribution in [-0.2, 0) is 23.8 Å². The maximum Gasteiger partial charge on any atom is 0.414 e. The van der Waals surface area contributed by atoms with Gasteiger partial charge < -0.3 is 10.1 Å². The SMILES string of the molecule is CS(=O)(=O)OCCCCC1CN(c2ccc3c(c2)NC(=O)CS3)C(=O)O1. The summed E-state index contributed by atoms with van der Waals surface area (Å²) in [5, 5.41) is 2.81. The number of nitrogens with one attached hydrogen (secondary N) is 1. The van der Waals surface area contributed by atoms with Crippen molar-refractivity contribution in [2.45, 2.75) is 30.3 Å². The average Bonchev–Trinajstić information content (AvgIpc) is 2.93. The van der Waals surface area contributed by atoms with Crippen molar-refractivity contribution in [1.82, 2.24) is 0 Å². The minimum absolute atomic E-state index is 0.0576. The number of cyclic esters (lactones) is 1. The lowest BCUT2D eigenvalue weighted by Gasteiger charge is -2.19. The molecule has 0 saturated carbocycles. The van der Waals surface area contributed by atoms with Gasteiger partial charge in [0.2, 0.25) is 5.91 Å². The molecule has 2 aliphatic heterocycles. The summed E-state index contributed by atoms with van der Waals surface area (Å²) < 4.78 is 31.8. The number of thioether (sulfide) groups is 1. The van der Waals surface area contributed by atoms with E-state index in [4.69, 9.17) is 4.74 Å². The zero-order valence-corrected chi connectivity index (χ0v) is 15.9. The summed E-state index contributed by atoms with van der Waals surface area (Å²) in [7, 11) is -3.41. The lowest BCUT2D eigenvalue weighted by molar-refractivity contribution is -0.113. The third-order valence-corrected chi connectivity index (χ3v) is 5.67. The Morgan fingerprint density at radius 2 is 2.15 bits per heavy atom. The number of benzene rings is 1. The number of nitrogens with zero attached hydrogens (tertiary/aromatic N) is 1. The Balaban J connectivity index is 1.53. The molecule has 2 aliphatic rings. The first-order valence-electron chi connectivity index (χ1n) is 8.21. The standard InChI is InChI=1S/C16H20N2O6S2/c1-26(21,22)23-7-3-2-4-12-9-18(16(20)24-12)11-5-6-14-13(8-11)17-15(19)10-25-14/h5-6,8,12H,2-4,7,9-10H2,1H3,(H,17,19). The summed E-state index contributed by atoms with van der Waals surface area (Å²) in [5.41, 5.74) is 1.39. The molecule has 1 saturated heterocycles. The van der Waals surface area contributed by atoms with Crippen LogP contribution in [0.4, 0.5) is 16.2 Å². The van der Waals surface area contributed by atoms with Crippen molar-refractivity contribution in [1.29, 1.82) is 0 Å². The van der Waals surface area contributed by atoms with Crippen LogP contribution < -0.4 is 10.2 Å². The van der Waals surface area contributed by atoms with Crippen molar-refractivity contribution in [2.24, 2.45) is 0 Å². The molecule has 1 aromatic carbocycles. The normalized spacial score (nSPS) is 19.9. The number of fused-ring (bicyclic) bond motifs is 1. The smallest absolute Gasteiger partial charge is 0.414 e. The monoisotopic (exact) mass is 400 g/mol. The molecule has 0 bridgehead atoms. The minimum atomic E-state index is -3.41. The van der Waals surface area contributed by atoms with E-state index < -0.39 is 16.2 Å². The van der Waals surface area contributed by atoms with Gasteiger partial charge in [-0.1, -0.05) is 0 Å². The van der Waals surface area contributed by atoms with E-state index in [9.17, 15) is 18.0 Å². The van der Waals surface area contributed by atoms with Crippen LogP contribution in [0, 0.1) is 0 Å². The Labute approximate surface area is 156 Å². The topological polar surface area (TPSA) is 102 Å². The number of ether oxygens (including phenoxy) is 1. The number of carbonyl (C=O) groups is 2. The number of anilines is 2. The Hall–Kier alpha value is -1.78. The Morgan fingerprint density at radius 1 is 1.35 bits per heavy atom. The Morgan fingerprint density at radius 3 is 2.92 bits per heavy atom. The summed E-state index contributed by atoms with van der Waals surface area (Å²) in [5.74, 6) is 0.335. The maximum atomic E-state index is 12.1. The van der Waals surface area contributed by atoms with Crippen LogP contribution in [0.3, 0.4) is 0 Å². The van der Waals surface area contributed by atoms with Crippen molar-refractivity contribution >= 4 is 45.3 Å². The van der Waals surface area contributed by atoms with Crippen molar-refractivity contribution in [3.05, 3.63) is 18.2 Å². The van der Waals surface area contributed by atoms with E-state index in [0.717, 1.165) is 11.2 Å². The third-order valence-electron chi connectivity index (χ3n) is 4.00. The molecule has 8 nitrogen and oxygen atoms in total. The van der Waals surface area contributed by atoms with E-state index in [0.29, 0.717) is 42.9 Å². The minimum Gasteiger partial charge on any atom is -0.444 e. The molecule has 2 amide bonds. The van der Waals surface area contributed by atoms with Gasteiger partial charge in [0.15, 0.2) is 0 Å². The number of carbonyl (C=O) groups excluding carboxylic acids is 2. The molecule has 0 aromatic heterocycles. The second kappa shape index (κ2) is 7.85. The molecule has 3 rings (SSSR count). The molecule has 1 fully saturated rings. The first-order chi connectivity index (χ1) is 12.3. The predicted octanol–water partition coefficient (Wildman–Crippen LogP) is 2.20. The molecule has 0 radical (unpaired) electrons. The summed E-state index contributed by atoms with van der Waals surface area (Å²) in [6.45, 7) is 0.553. The van der Waals surface area contributed by atoms with Gasteiger partial charge >= 0.3 is 6.09 Å². The molecular formula is C16H20N2O6S2. The molecule has 1 aromatic rings.